The van der Waals surface area contributed by atoms with Gasteiger partial charge in [-0.15, -0.1) is 0 Å². The van der Waals surface area contributed by atoms with Crippen LogP contribution >= 0.6 is 31.9 Å². The molecule has 2 aromatic rings. The highest BCUT2D eigenvalue weighted by Crippen LogP contribution is 2.29. The highest BCUT2D eigenvalue weighted by molar-refractivity contribution is 9.11. The average molecular weight is 359 g/mol. The predicted molar refractivity (Wildman–Crippen MR) is 75.8 cm³/mol. The molecule has 1 unspecified atom stereocenters. The van der Waals surface area contributed by atoms with E-state index in [1.165, 1.54) is 0 Å². The number of aryl methyl sites for hydroxylation is 1. The van der Waals surface area contributed by atoms with Crippen LogP contribution in [0.5, 0.6) is 0 Å². The van der Waals surface area contributed by atoms with Crippen molar-refractivity contribution >= 4 is 31.9 Å². The van der Waals surface area contributed by atoms with Crippen molar-refractivity contribution in [2.45, 2.75) is 19.5 Å². The molecule has 0 aliphatic carbocycles. The van der Waals surface area contributed by atoms with Crippen LogP contribution in [-0.2, 0) is 6.54 Å². The largest absolute Gasteiger partial charge is 0.319 e. The first kappa shape index (κ1) is 12.8. The lowest BCUT2D eigenvalue weighted by Crippen LogP contribution is -2.17. The average Bonchev–Trinajstić information content (AvgIpc) is 2.79. The molecule has 1 aromatic carbocycles. The zero-order valence-electron chi connectivity index (χ0n) is 9.40. The summed E-state index contributed by atoms with van der Waals surface area (Å²) in [6, 6.07) is 7.79. The van der Waals surface area contributed by atoms with E-state index in [1.807, 2.05) is 28.9 Å². The first-order valence-electron chi connectivity index (χ1n) is 5.35. The molecular weight excluding hydrogens is 346 g/mol. The number of benzene rings is 1. The van der Waals surface area contributed by atoms with Gasteiger partial charge in [-0.25, -0.2) is 0 Å². The Labute approximate surface area is 117 Å². The topological polar surface area (TPSA) is 43.8 Å². The van der Waals surface area contributed by atoms with Crippen molar-refractivity contribution in [3.05, 3.63) is 50.7 Å². The van der Waals surface area contributed by atoms with Gasteiger partial charge in [0.25, 0.3) is 0 Å². The second-order valence-electron chi connectivity index (χ2n) is 3.72. The Morgan fingerprint density at radius 1 is 1.35 bits per heavy atom. The fourth-order valence-electron chi connectivity index (χ4n) is 1.78. The van der Waals surface area contributed by atoms with E-state index in [9.17, 15) is 0 Å². The quantitative estimate of drug-likeness (QED) is 0.912. The Morgan fingerprint density at radius 3 is 2.82 bits per heavy atom. The minimum Gasteiger partial charge on any atom is -0.319 e. The molecule has 2 rings (SSSR count). The first-order valence-corrected chi connectivity index (χ1v) is 6.94. The van der Waals surface area contributed by atoms with Crippen LogP contribution in [0.25, 0.3) is 0 Å². The number of hydrogen-bond acceptors (Lipinski definition) is 2. The van der Waals surface area contributed by atoms with E-state index in [1.54, 1.807) is 6.20 Å². The van der Waals surface area contributed by atoms with E-state index < -0.39 is 0 Å². The summed E-state index contributed by atoms with van der Waals surface area (Å²) in [5, 5.41) is 4.24. The summed E-state index contributed by atoms with van der Waals surface area (Å²) in [6.07, 6.45) is 1.78. The van der Waals surface area contributed by atoms with Gasteiger partial charge in [0.2, 0.25) is 0 Å². The molecule has 0 spiro atoms. The molecule has 1 heterocycles. The van der Waals surface area contributed by atoms with Crippen LogP contribution in [0.15, 0.2) is 39.4 Å². The number of nitrogens with zero attached hydrogens (tertiary/aromatic N) is 2. The van der Waals surface area contributed by atoms with Gasteiger partial charge >= 0.3 is 0 Å². The molecule has 0 amide bonds. The van der Waals surface area contributed by atoms with Gasteiger partial charge in [0.1, 0.15) is 0 Å². The number of aromatic nitrogens is 2. The molecule has 2 N–H and O–H groups in total. The maximum absolute atomic E-state index is 6.30. The fourth-order valence-corrected chi connectivity index (χ4v) is 2.66. The summed E-state index contributed by atoms with van der Waals surface area (Å²) in [4.78, 5) is 0. The summed E-state index contributed by atoms with van der Waals surface area (Å²) >= 11 is 7.00. The zero-order valence-corrected chi connectivity index (χ0v) is 12.6. The van der Waals surface area contributed by atoms with Crippen molar-refractivity contribution in [3.8, 4) is 0 Å². The lowest BCUT2D eigenvalue weighted by atomic mass is 10.0. The second kappa shape index (κ2) is 5.33. The van der Waals surface area contributed by atoms with E-state index in [2.05, 4.69) is 43.9 Å². The summed E-state index contributed by atoms with van der Waals surface area (Å²) < 4.78 is 3.95. The Morgan fingerprint density at radius 2 is 2.12 bits per heavy atom. The minimum absolute atomic E-state index is 0.177. The van der Waals surface area contributed by atoms with Gasteiger partial charge in [0, 0.05) is 21.7 Å². The molecule has 0 bridgehead atoms. The van der Waals surface area contributed by atoms with Crippen LogP contribution < -0.4 is 5.73 Å². The molecule has 0 fully saturated rings. The summed E-state index contributed by atoms with van der Waals surface area (Å²) in [5.41, 5.74) is 8.37. The van der Waals surface area contributed by atoms with Crippen LogP contribution in [0.2, 0.25) is 0 Å². The fraction of sp³-hybridized carbons (Fsp3) is 0.250. The van der Waals surface area contributed by atoms with E-state index >= 15 is 0 Å². The molecule has 17 heavy (non-hydrogen) atoms. The summed E-state index contributed by atoms with van der Waals surface area (Å²) in [6.45, 7) is 2.88. The standard InChI is InChI=1S/C12H13Br2N3/c1-2-17-11(5-6-16-17)12(15)9-7-8(13)3-4-10(9)14/h3-7,12H,2,15H2,1H3. The van der Waals surface area contributed by atoms with Gasteiger partial charge in [-0.2, -0.15) is 5.10 Å². The Hall–Kier alpha value is -0.650. The monoisotopic (exact) mass is 357 g/mol. The normalized spacial score (nSPS) is 12.7. The smallest absolute Gasteiger partial charge is 0.0734 e. The van der Waals surface area contributed by atoms with E-state index in [0.717, 1.165) is 26.7 Å². The molecule has 0 saturated heterocycles. The van der Waals surface area contributed by atoms with Crippen LogP contribution in [0.4, 0.5) is 0 Å². The maximum atomic E-state index is 6.30. The first-order chi connectivity index (χ1) is 8.13. The van der Waals surface area contributed by atoms with Gasteiger partial charge in [-0.05, 0) is 36.8 Å². The second-order valence-corrected chi connectivity index (χ2v) is 5.49. The third-order valence-corrected chi connectivity index (χ3v) is 3.88. The number of hydrogen-bond donors (Lipinski definition) is 1. The van der Waals surface area contributed by atoms with Gasteiger partial charge in [-0.3, -0.25) is 4.68 Å². The molecule has 0 aliphatic rings. The third kappa shape index (κ3) is 2.61. The van der Waals surface area contributed by atoms with Crippen molar-refractivity contribution < 1.29 is 0 Å². The van der Waals surface area contributed by atoms with Crippen LogP contribution in [0, 0.1) is 0 Å². The SMILES string of the molecule is CCn1nccc1C(N)c1cc(Br)ccc1Br. The van der Waals surface area contributed by atoms with Crippen molar-refractivity contribution in [1.29, 1.82) is 0 Å². The van der Waals surface area contributed by atoms with Crippen molar-refractivity contribution in [1.82, 2.24) is 9.78 Å². The Bertz CT molecular complexity index is 522. The lowest BCUT2D eigenvalue weighted by molar-refractivity contribution is 0.600. The zero-order chi connectivity index (χ0) is 12.4. The lowest BCUT2D eigenvalue weighted by Gasteiger charge is -2.15. The van der Waals surface area contributed by atoms with Crippen molar-refractivity contribution in [2.75, 3.05) is 0 Å². The molecule has 90 valence electrons. The Balaban J connectivity index is 2.43. The molecule has 1 atom stereocenters. The number of halogens is 2. The van der Waals surface area contributed by atoms with Gasteiger partial charge in [-0.1, -0.05) is 31.9 Å². The molecule has 0 aliphatic heterocycles. The molecule has 0 saturated carbocycles. The number of nitrogens with two attached hydrogens (primary N) is 1. The van der Waals surface area contributed by atoms with Crippen molar-refractivity contribution in [2.24, 2.45) is 5.73 Å². The molecule has 3 nitrogen and oxygen atoms in total. The van der Waals surface area contributed by atoms with Gasteiger partial charge in [0.15, 0.2) is 0 Å². The van der Waals surface area contributed by atoms with E-state index in [0.29, 0.717) is 0 Å². The molecule has 5 heteroatoms. The van der Waals surface area contributed by atoms with Crippen LogP contribution in [0.3, 0.4) is 0 Å². The van der Waals surface area contributed by atoms with Crippen LogP contribution in [-0.4, -0.2) is 9.78 Å². The van der Waals surface area contributed by atoms with E-state index in [-0.39, 0.29) is 6.04 Å². The predicted octanol–water partition coefficient (Wildman–Crippen LogP) is 3.48. The third-order valence-electron chi connectivity index (χ3n) is 2.66. The van der Waals surface area contributed by atoms with Gasteiger partial charge in [0.05, 0.1) is 11.7 Å². The summed E-state index contributed by atoms with van der Waals surface area (Å²) in [5.74, 6) is 0. The van der Waals surface area contributed by atoms with Crippen molar-refractivity contribution in [3.63, 3.8) is 0 Å². The Kier molecular flexibility index (Phi) is 4.01. The van der Waals surface area contributed by atoms with Gasteiger partial charge < -0.3 is 5.73 Å². The molecule has 1 aromatic heterocycles. The molecular formula is C12H13Br2N3. The highest BCUT2D eigenvalue weighted by Gasteiger charge is 2.16. The van der Waals surface area contributed by atoms with Crippen LogP contribution in [0.1, 0.15) is 24.2 Å². The minimum atomic E-state index is -0.177. The maximum Gasteiger partial charge on any atom is 0.0734 e. The molecule has 0 radical (unpaired) electrons. The van der Waals surface area contributed by atoms with E-state index in [4.69, 9.17) is 5.73 Å². The summed E-state index contributed by atoms with van der Waals surface area (Å²) in [7, 11) is 0. The highest BCUT2D eigenvalue weighted by atomic mass is 79.9. The number of rotatable bonds is 3.